The average molecular weight is 429 g/mol. The number of benzene rings is 1. The van der Waals surface area contributed by atoms with Crippen molar-refractivity contribution in [2.45, 2.75) is 15.8 Å². The molecule has 1 amide bonds. The van der Waals surface area contributed by atoms with Crippen LogP contribution in [0, 0.1) is 5.82 Å². The molecule has 1 N–H and O–H groups in total. The van der Waals surface area contributed by atoms with Crippen molar-refractivity contribution >= 4 is 58.3 Å². The molecule has 3 aromatic rings. The Bertz CT molecular complexity index is 922. The quantitative estimate of drug-likeness (QED) is 0.567. The molecule has 26 heavy (non-hydrogen) atoms. The highest BCUT2D eigenvalue weighted by atomic mass is 35.5. The monoisotopic (exact) mass is 428 g/mol. The minimum atomic E-state index is -0.384. The van der Waals surface area contributed by atoms with E-state index in [1.807, 2.05) is 12.5 Å². The lowest BCUT2D eigenvalue weighted by molar-refractivity contribution is 0.102. The summed E-state index contributed by atoms with van der Waals surface area (Å²) in [4.78, 5) is 12.6. The van der Waals surface area contributed by atoms with Gasteiger partial charge in [0.25, 0.3) is 5.91 Å². The second-order valence-electron chi connectivity index (χ2n) is 5.17. The van der Waals surface area contributed by atoms with Gasteiger partial charge in [-0.1, -0.05) is 17.7 Å². The lowest BCUT2D eigenvalue weighted by Gasteiger charge is -2.05. The van der Waals surface area contributed by atoms with E-state index in [9.17, 15) is 9.18 Å². The molecule has 0 saturated heterocycles. The van der Waals surface area contributed by atoms with Crippen LogP contribution < -0.4 is 5.32 Å². The molecule has 0 bridgehead atoms. The summed E-state index contributed by atoms with van der Waals surface area (Å²) < 4.78 is 19.9. The Hall–Kier alpha value is -1.55. The minimum absolute atomic E-state index is 0.216. The highest BCUT2D eigenvalue weighted by Crippen LogP contribution is 2.33. The van der Waals surface area contributed by atoms with Gasteiger partial charge in [0, 0.05) is 11.2 Å². The molecule has 10 heteroatoms. The van der Waals surface area contributed by atoms with Crippen LogP contribution >= 0.6 is 46.7 Å². The number of carbonyl (C=O) groups excluding carboxylic acids is 1. The number of thioether (sulfide) groups is 2. The van der Waals surface area contributed by atoms with Crippen molar-refractivity contribution in [2.24, 2.45) is 0 Å². The zero-order chi connectivity index (χ0) is 18.7. The van der Waals surface area contributed by atoms with E-state index in [0.717, 1.165) is 9.77 Å². The molecule has 0 saturated carbocycles. The third kappa shape index (κ3) is 4.22. The number of amides is 1. The van der Waals surface area contributed by atoms with Gasteiger partial charge in [0.2, 0.25) is 0 Å². The Labute approximate surface area is 167 Å². The van der Waals surface area contributed by atoms with Crippen molar-refractivity contribution in [1.29, 1.82) is 0 Å². The molecule has 2 heterocycles. The SMILES string of the molecule is CSc1nsc(SC)c1C(=O)Nc1cnn(Cc2ccc(F)cc2Cl)c1. The van der Waals surface area contributed by atoms with Crippen LogP contribution in [0.1, 0.15) is 15.9 Å². The van der Waals surface area contributed by atoms with E-state index >= 15 is 0 Å². The van der Waals surface area contributed by atoms with Crippen molar-refractivity contribution in [3.8, 4) is 0 Å². The van der Waals surface area contributed by atoms with E-state index in [4.69, 9.17) is 11.6 Å². The molecule has 0 aliphatic heterocycles. The molecule has 2 aromatic heterocycles. The zero-order valence-corrected chi connectivity index (χ0v) is 17.0. The third-order valence-corrected chi connectivity index (χ3v) is 6.57. The summed E-state index contributed by atoms with van der Waals surface area (Å²) in [5.74, 6) is -0.599. The summed E-state index contributed by atoms with van der Waals surface area (Å²) in [7, 11) is 0. The molecule has 1 aromatic carbocycles. The lowest BCUT2D eigenvalue weighted by atomic mass is 10.2. The summed E-state index contributed by atoms with van der Waals surface area (Å²) in [5, 5.41) is 8.12. The van der Waals surface area contributed by atoms with Gasteiger partial charge in [-0.25, -0.2) is 4.39 Å². The highest BCUT2D eigenvalue weighted by Gasteiger charge is 2.20. The second kappa shape index (κ2) is 8.43. The topological polar surface area (TPSA) is 59.8 Å². The summed E-state index contributed by atoms with van der Waals surface area (Å²) in [6, 6.07) is 4.23. The standard InChI is InChI=1S/C16H14ClFN4OS3/c1-24-15-13(16(25-2)26-21-15)14(23)20-11-6-19-22(8-11)7-9-3-4-10(18)5-12(9)17/h3-6,8H,7H2,1-2H3,(H,20,23). The Morgan fingerprint density at radius 1 is 1.38 bits per heavy atom. The van der Waals surface area contributed by atoms with E-state index in [0.29, 0.717) is 27.8 Å². The first-order valence-electron chi connectivity index (χ1n) is 7.37. The van der Waals surface area contributed by atoms with Crippen molar-refractivity contribution < 1.29 is 9.18 Å². The summed E-state index contributed by atoms with van der Waals surface area (Å²) >= 11 is 10.3. The largest absolute Gasteiger partial charge is 0.319 e. The van der Waals surface area contributed by atoms with Gasteiger partial charge in [0.05, 0.1) is 28.2 Å². The number of halogens is 2. The number of anilines is 1. The first-order chi connectivity index (χ1) is 12.5. The van der Waals surface area contributed by atoms with Crippen LogP contribution in [0.15, 0.2) is 39.8 Å². The highest BCUT2D eigenvalue weighted by molar-refractivity contribution is 8.01. The van der Waals surface area contributed by atoms with Crippen molar-refractivity contribution in [2.75, 3.05) is 17.8 Å². The fraction of sp³-hybridized carbons (Fsp3) is 0.188. The fourth-order valence-electron chi connectivity index (χ4n) is 2.26. The fourth-order valence-corrected chi connectivity index (χ4v) is 4.77. The first kappa shape index (κ1) is 19.2. The summed E-state index contributed by atoms with van der Waals surface area (Å²) in [6.45, 7) is 0.376. The van der Waals surface area contributed by atoms with Gasteiger partial charge in [-0.3, -0.25) is 9.48 Å². The van der Waals surface area contributed by atoms with Gasteiger partial charge in [0.15, 0.2) is 0 Å². The number of nitrogens with zero attached hydrogens (tertiary/aromatic N) is 3. The predicted octanol–water partition coefficient (Wildman–Crippen LogP) is 4.88. The summed E-state index contributed by atoms with van der Waals surface area (Å²) in [6.07, 6.45) is 7.07. The lowest BCUT2D eigenvalue weighted by Crippen LogP contribution is -2.12. The molecule has 136 valence electrons. The number of hydrogen-bond donors (Lipinski definition) is 1. The number of nitrogens with one attached hydrogen (secondary N) is 1. The molecule has 5 nitrogen and oxygen atoms in total. The van der Waals surface area contributed by atoms with Crippen LogP contribution in [0.2, 0.25) is 5.02 Å². The minimum Gasteiger partial charge on any atom is -0.319 e. The molecule has 0 fully saturated rings. The average Bonchev–Trinajstić information content (AvgIpc) is 3.23. The van der Waals surface area contributed by atoms with Crippen LogP contribution in [0.3, 0.4) is 0 Å². The molecule has 0 atom stereocenters. The Balaban J connectivity index is 1.74. The van der Waals surface area contributed by atoms with Crippen molar-refractivity contribution in [1.82, 2.24) is 14.2 Å². The Morgan fingerprint density at radius 2 is 2.19 bits per heavy atom. The molecule has 0 aliphatic carbocycles. The van der Waals surface area contributed by atoms with Crippen LogP contribution in [0.4, 0.5) is 10.1 Å². The number of aromatic nitrogens is 3. The van der Waals surface area contributed by atoms with Crippen LogP contribution in [0.25, 0.3) is 0 Å². The normalized spacial score (nSPS) is 10.9. The summed E-state index contributed by atoms with van der Waals surface area (Å²) in [5.41, 5.74) is 1.90. The van der Waals surface area contributed by atoms with Crippen LogP contribution in [-0.4, -0.2) is 32.6 Å². The van der Waals surface area contributed by atoms with E-state index < -0.39 is 0 Å². The molecule has 0 radical (unpaired) electrons. The maximum atomic E-state index is 13.1. The van der Waals surface area contributed by atoms with Crippen molar-refractivity contribution in [3.05, 3.63) is 52.6 Å². The second-order valence-corrected chi connectivity index (χ2v) is 8.23. The van der Waals surface area contributed by atoms with Gasteiger partial charge in [-0.05, 0) is 41.7 Å². The number of carbonyl (C=O) groups is 1. The van der Waals surface area contributed by atoms with Gasteiger partial charge >= 0.3 is 0 Å². The van der Waals surface area contributed by atoms with E-state index in [-0.39, 0.29) is 11.7 Å². The first-order valence-corrected chi connectivity index (χ1v) is 11.0. The Kier molecular flexibility index (Phi) is 6.23. The Morgan fingerprint density at radius 3 is 2.88 bits per heavy atom. The molecule has 0 unspecified atom stereocenters. The maximum absolute atomic E-state index is 13.1. The molecule has 0 aliphatic rings. The predicted molar refractivity (Wildman–Crippen MR) is 106 cm³/mol. The van der Waals surface area contributed by atoms with Crippen LogP contribution in [0.5, 0.6) is 0 Å². The van der Waals surface area contributed by atoms with Gasteiger partial charge < -0.3 is 5.32 Å². The van der Waals surface area contributed by atoms with Gasteiger partial charge in [-0.15, -0.1) is 23.5 Å². The van der Waals surface area contributed by atoms with Crippen LogP contribution in [-0.2, 0) is 6.54 Å². The number of hydrogen-bond acceptors (Lipinski definition) is 6. The maximum Gasteiger partial charge on any atom is 0.260 e. The number of rotatable bonds is 6. The third-order valence-electron chi connectivity index (χ3n) is 3.47. The molecular weight excluding hydrogens is 415 g/mol. The van der Waals surface area contributed by atoms with E-state index in [1.54, 1.807) is 23.1 Å². The van der Waals surface area contributed by atoms with E-state index in [1.165, 1.54) is 47.2 Å². The smallest absolute Gasteiger partial charge is 0.260 e. The van der Waals surface area contributed by atoms with E-state index in [2.05, 4.69) is 14.8 Å². The molecule has 0 spiro atoms. The zero-order valence-electron chi connectivity index (χ0n) is 13.8. The van der Waals surface area contributed by atoms with Gasteiger partial charge in [-0.2, -0.15) is 9.47 Å². The van der Waals surface area contributed by atoms with Crippen molar-refractivity contribution in [3.63, 3.8) is 0 Å². The van der Waals surface area contributed by atoms with Gasteiger partial charge in [0.1, 0.15) is 10.8 Å². The molecule has 3 rings (SSSR count). The molecular formula is C16H14ClFN4OS3.